The van der Waals surface area contributed by atoms with Crippen molar-refractivity contribution in [2.24, 2.45) is 5.73 Å². The van der Waals surface area contributed by atoms with Gasteiger partial charge in [0.2, 0.25) is 0 Å². The van der Waals surface area contributed by atoms with Crippen molar-refractivity contribution in [3.63, 3.8) is 0 Å². The number of benzene rings is 1. The van der Waals surface area contributed by atoms with E-state index >= 15 is 0 Å². The van der Waals surface area contributed by atoms with Crippen molar-refractivity contribution in [1.29, 1.82) is 0 Å². The van der Waals surface area contributed by atoms with Gasteiger partial charge in [-0.3, -0.25) is 5.73 Å². The van der Waals surface area contributed by atoms with Crippen LogP contribution in [0, 0.1) is 0 Å². The van der Waals surface area contributed by atoms with E-state index in [2.05, 4.69) is 0 Å². The van der Waals surface area contributed by atoms with Crippen LogP contribution in [0.3, 0.4) is 0 Å². The minimum atomic E-state index is -1.48. The van der Waals surface area contributed by atoms with E-state index in [9.17, 15) is 5.11 Å². The zero-order valence-corrected chi connectivity index (χ0v) is 6.66. The summed E-state index contributed by atoms with van der Waals surface area (Å²) in [4.78, 5) is 0. The lowest BCUT2D eigenvalue weighted by atomic mass is 10.0. The van der Waals surface area contributed by atoms with E-state index in [0.29, 0.717) is 12.2 Å². The second-order valence-corrected chi connectivity index (χ2v) is 3.05. The first-order valence-electron chi connectivity index (χ1n) is 3.95. The van der Waals surface area contributed by atoms with Gasteiger partial charge in [0.25, 0.3) is 5.91 Å². The summed E-state index contributed by atoms with van der Waals surface area (Å²) in [6.07, 6.45) is 1.22. The number of rotatable bonds is 0. The zero-order chi connectivity index (χ0) is 8.60. The van der Waals surface area contributed by atoms with Gasteiger partial charge in [-0.25, -0.2) is 0 Å². The molecule has 12 heavy (non-hydrogen) atoms. The van der Waals surface area contributed by atoms with E-state index < -0.39 is 5.91 Å². The number of para-hydroxylation sites is 1. The van der Waals surface area contributed by atoms with Crippen molar-refractivity contribution in [3.8, 4) is 5.75 Å². The van der Waals surface area contributed by atoms with Crippen molar-refractivity contribution in [2.45, 2.75) is 18.8 Å². The van der Waals surface area contributed by atoms with Gasteiger partial charge in [-0.05, 0) is 18.1 Å². The Morgan fingerprint density at radius 3 is 3.00 bits per heavy atom. The average molecular weight is 165 g/mol. The first-order chi connectivity index (χ1) is 5.67. The Morgan fingerprint density at radius 1 is 1.42 bits per heavy atom. The lowest BCUT2D eigenvalue weighted by molar-refractivity contribution is -0.144. The molecule has 0 radical (unpaired) electrons. The smallest absolute Gasteiger partial charge is 0.265 e. The molecule has 1 aromatic carbocycles. The van der Waals surface area contributed by atoms with Gasteiger partial charge < -0.3 is 9.84 Å². The Morgan fingerprint density at radius 2 is 2.17 bits per heavy atom. The molecule has 0 amide bonds. The molecule has 3 nitrogen and oxygen atoms in total. The van der Waals surface area contributed by atoms with Crippen molar-refractivity contribution in [2.75, 3.05) is 0 Å². The third kappa shape index (κ3) is 1.29. The molecular formula is C9H11NO2. The highest BCUT2D eigenvalue weighted by atomic mass is 16.6. The van der Waals surface area contributed by atoms with Gasteiger partial charge in [0.1, 0.15) is 5.75 Å². The second kappa shape index (κ2) is 2.47. The molecule has 0 aromatic heterocycles. The summed E-state index contributed by atoms with van der Waals surface area (Å²) in [6.45, 7) is 0. The molecule has 1 unspecified atom stereocenters. The number of nitrogens with two attached hydrogens (primary N) is 1. The van der Waals surface area contributed by atoms with Gasteiger partial charge in [-0.2, -0.15) is 0 Å². The Hall–Kier alpha value is -1.06. The van der Waals surface area contributed by atoms with Crippen LogP contribution in [0.2, 0.25) is 0 Å². The predicted octanol–water partition coefficient (Wildman–Crippen LogP) is 0.616. The number of fused-ring (bicyclic) bond motifs is 1. The van der Waals surface area contributed by atoms with Crippen LogP contribution in [0.15, 0.2) is 24.3 Å². The van der Waals surface area contributed by atoms with Gasteiger partial charge in [0.15, 0.2) is 0 Å². The van der Waals surface area contributed by atoms with E-state index in [4.69, 9.17) is 10.5 Å². The molecule has 0 saturated heterocycles. The maximum Gasteiger partial charge on any atom is 0.265 e. The minimum absolute atomic E-state index is 0.448. The molecule has 64 valence electrons. The molecule has 1 heterocycles. The third-order valence-corrected chi connectivity index (χ3v) is 2.01. The van der Waals surface area contributed by atoms with Crippen molar-refractivity contribution in [1.82, 2.24) is 0 Å². The van der Waals surface area contributed by atoms with E-state index in [1.54, 1.807) is 0 Å². The molecule has 1 aromatic rings. The Kier molecular flexibility index (Phi) is 1.56. The number of hydrogen-bond donors (Lipinski definition) is 2. The van der Waals surface area contributed by atoms with E-state index in [0.717, 1.165) is 12.0 Å². The first kappa shape index (κ1) is 7.58. The van der Waals surface area contributed by atoms with Crippen LogP contribution in [-0.2, 0) is 6.42 Å². The highest BCUT2D eigenvalue weighted by Crippen LogP contribution is 2.28. The summed E-state index contributed by atoms with van der Waals surface area (Å²) < 4.78 is 5.15. The van der Waals surface area contributed by atoms with E-state index in [1.807, 2.05) is 24.3 Å². The second-order valence-electron chi connectivity index (χ2n) is 3.05. The van der Waals surface area contributed by atoms with Gasteiger partial charge in [0.05, 0.1) is 0 Å². The minimum Gasteiger partial charge on any atom is -0.449 e. The Bertz CT molecular complexity index is 296. The number of hydrogen-bond acceptors (Lipinski definition) is 3. The molecule has 0 spiro atoms. The van der Waals surface area contributed by atoms with Crippen LogP contribution in [0.5, 0.6) is 5.75 Å². The standard InChI is InChI=1S/C9H11NO2/c10-9(11)6-5-7-3-1-2-4-8(7)12-9/h1-4,11H,5-6,10H2. The van der Waals surface area contributed by atoms with Crippen molar-refractivity contribution in [3.05, 3.63) is 29.8 Å². The molecule has 0 fully saturated rings. The summed E-state index contributed by atoms with van der Waals surface area (Å²) in [7, 11) is 0. The van der Waals surface area contributed by atoms with Crippen LogP contribution >= 0.6 is 0 Å². The Balaban J connectivity index is 2.35. The molecule has 1 atom stereocenters. The summed E-state index contributed by atoms with van der Waals surface area (Å²) in [5, 5.41) is 9.38. The van der Waals surface area contributed by atoms with Gasteiger partial charge in [-0.15, -0.1) is 0 Å². The third-order valence-electron chi connectivity index (χ3n) is 2.01. The summed E-state index contributed by atoms with van der Waals surface area (Å²) in [5.74, 6) is -0.789. The fourth-order valence-corrected chi connectivity index (χ4v) is 1.37. The SMILES string of the molecule is NC1(O)CCc2ccccc2O1. The first-order valence-corrected chi connectivity index (χ1v) is 3.95. The summed E-state index contributed by atoms with van der Waals surface area (Å²) in [5.41, 5.74) is 6.53. The highest BCUT2D eigenvalue weighted by molar-refractivity contribution is 5.35. The predicted molar refractivity (Wildman–Crippen MR) is 44.5 cm³/mol. The maximum absolute atomic E-state index is 9.38. The molecule has 2 rings (SSSR count). The molecule has 3 N–H and O–H groups in total. The summed E-state index contributed by atoms with van der Waals surface area (Å²) in [6, 6.07) is 7.60. The normalized spacial score (nSPS) is 27.5. The molecule has 1 aliphatic heterocycles. The number of ether oxygens (including phenoxy) is 1. The number of aliphatic hydroxyl groups is 1. The van der Waals surface area contributed by atoms with Crippen LogP contribution in [-0.4, -0.2) is 11.0 Å². The fourth-order valence-electron chi connectivity index (χ4n) is 1.37. The molecular weight excluding hydrogens is 154 g/mol. The van der Waals surface area contributed by atoms with Crippen molar-refractivity contribution >= 4 is 0 Å². The monoisotopic (exact) mass is 165 g/mol. The fraction of sp³-hybridized carbons (Fsp3) is 0.333. The van der Waals surface area contributed by atoms with Gasteiger partial charge in [0, 0.05) is 6.42 Å². The van der Waals surface area contributed by atoms with Crippen LogP contribution in [0.4, 0.5) is 0 Å². The lowest BCUT2D eigenvalue weighted by Gasteiger charge is -2.30. The molecule has 3 heteroatoms. The van der Waals surface area contributed by atoms with E-state index in [-0.39, 0.29) is 0 Å². The molecule has 0 bridgehead atoms. The summed E-state index contributed by atoms with van der Waals surface area (Å²) >= 11 is 0. The molecule has 0 aliphatic carbocycles. The highest BCUT2D eigenvalue weighted by Gasteiger charge is 2.28. The lowest BCUT2D eigenvalue weighted by Crippen LogP contribution is -2.48. The maximum atomic E-state index is 9.38. The van der Waals surface area contributed by atoms with Crippen molar-refractivity contribution < 1.29 is 9.84 Å². The van der Waals surface area contributed by atoms with Crippen LogP contribution < -0.4 is 10.5 Å². The van der Waals surface area contributed by atoms with Crippen LogP contribution in [0.25, 0.3) is 0 Å². The van der Waals surface area contributed by atoms with E-state index in [1.165, 1.54) is 0 Å². The van der Waals surface area contributed by atoms with Gasteiger partial charge in [-0.1, -0.05) is 18.2 Å². The average Bonchev–Trinajstić information content (AvgIpc) is 2.02. The topological polar surface area (TPSA) is 55.5 Å². The largest absolute Gasteiger partial charge is 0.449 e. The Labute approximate surface area is 70.8 Å². The zero-order valence-electron chi connectivity index (χ0n) is 6.66. The van der Waals surface area contributed by atoms with Crippen LogP contribution in [0.1, 0.15) is 12.0 Å². The molecule has 0 saturated carbocycles. The quantitative estimate of drug-likeness (QED) is 0.554. The number of aryl methyl sites for hydroxylation is 1. The van der Waals surface area contributed by atoms with Gasteiger partial charge >= 0.3 is 0 Å². The molecule has 1 aliphatic rings.